The molecule has 0 radical (unpaired) electrons. The van der Waals surface area contributed by atoms with Crippen molar-refractivity contribution in [1.82, 2.24) is 15.2 Å². The van der Waals surface area contributed by atoms with Gasteiger partial charge in [0.2, 0.25) is 5.95 Å². The first-order chi connectivity index (χ1) is 11.3. The lowest BCUT2D eigenvalue weighted by Crippen LogP contribution is -2.33. The summed E-state index contributed by atoms with van der Waals surface area (Å²) in [5.74, 6) is 1.11. The van der Waals surface area contributed by atoms with E-state index in [1.807, 2.05) is 4.90 Å². The highest BCUT2D eigenvalue weighted by Crippen LogP contribution is 2.28. The number of hydrogen-bond acceptors (Lipinski definition) is 7. The Morgan fingerprint density at radius 1 is 1.33 bits per heavy atom. The van der Waals surface area contributed by atoms with Crippen LogP contribution in [0.5, 0.6) is 0 Å². The Morgan fingerprint density at radius 2 is 2.12 bits per heavy atom. The van der Waals surface area contributed by atoms with Crippen LogP contribution in [-0.4, -0.2) is 48.2 Å². The number of halogens is 2. The molecule has 24 heavy (non-hydrogen) atoms. The fraction of sp³-hybridized carbons (Fsp3) is 0.357. The number of nitrogens with zero attached hydrogens (tertiary/aromatic N) is 4. The van der Waals surface area contributed by atoms with Gasteiger partial charge >= 0.3 is 0 Å². The van der Waals surface area contributed by atoms with Crippen LogP contribution < -0.4 is 10.2 Å². The first-order valence-electron chi connectivity index (χ1n) is 7.19. The van der Waals surface area contributed by atoms with Gasteiger partial charge in [-0.3, -0.25) is 0 Å². The molecule has 1 aliphatic rings. The van der Waals surface area contributed by atoms with Gasteiger partial charge in [-0.05, 0) is 24.6 Å². The molecule has 1 aliphatic heterocycles. The number of nitrogens with one attached hydrogen (secondary N) is 1. The Kier molecular flexibility index (Phi) is 4.80. The van der Waals surface area contributed by atoms with Gasteiger partial charge in [0, 0.05) is 18.1 Å². The Morgan fingerprint density at radius 3 is 2.83 bits per heavy atom. The zero-order valence-corrected chi connectivity index (χ0v) is 15.1. The van der Waals surface area contributed by atoms with Crippen LogP contribution >= 0.6 is 23.2 Å². The molecule has 1 unspecified atom stereocenters. The second-order valence-electron chi connectivity index (χ2n) is 5.56. The van der Waals surface area contributed by atoms with Crippen molar-refractivity contribution >= 4 is 50.5 Å². The number of hydrogen-bond donors (Lipinski definition) is 1. The van der Waals surface area contributed by atoms with Gasteiger partial charge in [-0.25, -0.2) is 8.42 Å². The summed E-state index contributed by atoms with van der Waals surface area (Å²) in [6.45, 7) is 0. The minimum atomic E-state index is -2.97. The maximum absolute atomic E-state index is 11.6. The average molecular weight is 388 g/mol. The van der Waals surface area contributed by atoms with E-state index >= 15 is 0 Å². The molecule has 1 N–H and O–H groups in total. The third-order valence-electron chi connectivity index (χ3n) is 3.84. The van der Waals surface area contributed by atoms with E-state index in [0.29, 0.717) is 28.0 Å². The Hall–Kier alpha value is -1.64. The minimum Gasteiger partial charge on any atom is -0.354 e. The number of sulfone groups is 1. The molecule has 0 aliphatic carbocycles. The molecule has 2 heterocycles. The summed E-state index contributed by atoms with van der Waals surface area (Å²) in [6.07, 6.45) is 2.07. The van der Waals surface area contributed by atoms with Gasteiger partial charge < -0.3 is 10.2 Å². The van der Waals surface area contributed by atoms with E-state index in [1.165, 1.54) is 6.20 Å². The summed E-state index contributed by atoms with van der Waals surface area (Å²) in [6, 6.07) is 4.89. The summed E-state index contributed by atoms with van der Waals surface area (Å²) in [4.78, 5) is 6.19. The van der Waals surface area contributed by atoms with Gasteiger partial charge in [-0.1, -0.05) is 23.2 Å². The van der Waals surface area contributed by atoms with Crippen LogP contribution in [0.1, 0.15) is 6.42 Å². The highest BCUT2D eigenvalue weighted by Gasteiger charge is 2.31. The lowest BCUT2D eigenvalue weighted by atomic mass is 10.2. The average Bonchev–Trinajstić information content (AvgIpc) is 2.90. The van der Waals surface area contributed by atoms with Crippen LogP contribution in [-0.2, 0) is 9.84 Å². The van der Waals surface area contributed by atoms with Crippen molar-refractivity contribution in [1.29, 1.82) is 0 Å². The van der Waals surface area contributed by atoms with Crippen LogP contribution in [0.15, 0.2) is 24.4 Å². The van der Waals surface area contributed by atoms with Gasteiger partial charge in [0.1, 0.15) is 0 Å². The molecule has 0 amide bonds. The second-order valence-corrected chi connectivity index (χ2v) is 8.63. The van der Waals surface area contributed by atoms with Crippen LogP contribution in [0.4, 0.5) is 17.5 Å². The van der Waals surface area contributed by atoms with Crippen molar-refractivity contribution in [2.75, 3.05) is 28.8 Å². The molecule has 0 saturated carbocycles. The first kappa shape index (κ1) is 17.2. The van der Waals surface area contributed by atoms with Crippen LogP contribution in [0.3, 0.4) is 0 Å². The quantitative estimate of drug-likeness (QED) is 0.861. The summed E-state index contributed by atoms with van der Waals surface area (Å²) < 4.78 is 23.3. The molecule has 2 aromatic rings. The fourth-order valence-electron chi connectivity index (χ4n) is 2.50. The maximum atomic E-state index is 11.6. The molecule has 1 saturated heterocycles. The van der Waals surface area contributed by atoms with E-state index in [-0.39, 0.29) is 23.5 Å². The van der Waals surface area contributed by atoms with Gasteiger partial charge in [0.05, 0.1) is 28.4 Å². The predicted molar refractivity (Wildman–Crippen MR) is 95.0 cm³/mol. The highest BCUT2D eigenvalue weighted by molar-refractivity contribution is 7.91. The van der Waals surface area contributed by atoms with Crippen molar-refractivity contribution in [2.24, 2.45) is 0 Å². The van der Waals surface area contributed by atoms with Gasteiger partial charge in [-0.2, -0.15) is 10.1 Å². The number of anilines is 3. The molecule has 10 heteroatoms. The molecule has 1 aromatic carbocycles. The zero-order chi connectivity index (χ0) is 17.3. The van der Waals surface area contributed by atoms with Gasteiger partial charge in [-0.15, -0.1) is 5.10 Å². The van der Waals surface area contributed by atoms with E-state index in [9.17, 15) is 8.42 Å². The Bertz CT molecular complexity index is 862. The van der Waals surface area contributed by atoms with Crippen LogP contribution in [0.25, 0.3) is 0 Å². The van der Waals surface area contributed by atoms with Crippen molar-refractivity contribution < 1.29 is 8.42 Å². The predicted octanol–water partition coefficient (Wildman–Crippen LogP) is 2.55. The van der Waals surface area contributed by atoms with Crippen molar-refractivity contribution in [2.45, 2.75) is 12.5 Å². The van der Waals surface area contributed by atoms with Crippen LogP contribution in [0.2, 0.25) is 10.0 Å². The molecule has 1 aromatic heterocycles. The lowest BCUT2D eigenvalue weighted by molar-refractivity contribution is 0.600. The molecule has 0 spiro atoms. The lowest BCUT2D eigenvalue weighted by Gasteiger charge is -2.24. The first-order valence-corrected chi connectivity index (χ1v) is 9.77. The SMILES string of the molecule is CN(c1cnnc(Nc2cc(Cl)ccc2Cl)n1)C1CCS(=O)(=O)C1. The zero-order valence-electron chi connectivity index (χ0n) is 12.8. The monoisotopic (exact) mass is 387 g/mol. The third kappa shape index (κ3) is 3.88. The van der Waals surface area contributed by atoms with E-state index in [2.05, 4.69) is 20.5 Å². The van der Waals surface area contributed by atoms with E-state index < -0.39 is 9.84 Å². The molecular formula is C14H15Cl2N5O2S. The molecule has 1 fully saturated rings. The maximum Gasteiger partial charge on any atom is 0.249 e. The van der Waals surface area contributed by atoms with Crippen LogP contribution in [0, 0.1) is 0 Å². The van der Waals surface area contributed by atoms with E-state index in [0.717, 1.165) is 0 Å². The fourth-order valence-corrected chi connectivity index (χ4v) is 4.61. The summed E-state index contributed by atoms with van der Waals surface area (Å²) >= 11 is 12.1. The molecule has 3 rings (SSSR count). The number of benzene rings is 1. The summed E-state index contributed by atoms with van der Waals surface area (Å²) in [5, 5.41) is 11.8. The van der Waals surface area contributed by atoms with Crippen molar-refractivity contribution in [3.63, 3.8) is 0 Å². The minimum absolute atomic E-state index is 0.116. The second kappa shape index (κ2) is 6.70. The normalized spacial score (nSPS) is 19.2. The number of aromatic nitrogens is 3. The summed E-state index contributed by atoms with van der Waals surface area (Å²) in [5.41, 5.74) is 0.564. The Balaban J connectivity index is 1.80. The molecular weight excluding hydrogens is 373 g/mol. The van der Waals surface area contributed by atoms with E-state index in [4.69, 9.17) is 23.2 Å². The number of rotatable bonds is 4. The van der Waals surface area contributed by atoms with Crippen molar-refractivity contribution in [3.05, 3.63) is 34.4 Å². The third-order valence-corrected chi connectivity index (χ3v) is 6.15. The van der Waals surface area contributed by atoms with E-state index in [1.54, 1.807) is 25.2 Å². The molecule has 0 bridgehead atoms. The largest absolute Gasteiger partial charge is 0.354 e. The smallest absolute Gasteiger partial charge is 0.249 e. The van der Waals surface area contributed by atoms with Gasteiger partial charge in [0.15, 0.2) is 15.7 Å². The highest BCUT2D eigenvalue weighted by atomic mass is 35.5. The Labute approximate surface area is 149 Å². The standard InChI is InChI=1S/C14H15Cl2N5O2S/c1-21(10-4-5-24(22,23)8-10)13-7-17-20-14(19-13)18-12-6-9(15)2-3-11(12)16/h2-3,6-7,10H,4-5,8H2,1H3,(H,18,19,20). The molecule has 128 valence electrons. The molecule has 1 atom stereocenters. The topological polar surface area (TPSA) is 88.1 Å². The van der Waals surface area contributed by atoms with Gasteiger partial charge in [0.25, 0.3) is 0 Å². The van der Waals surface area contributed by atoms with Crippen molar-refractivity contribution in [3.8, 4) is 0 Å². The molecule has 7 nitrogen and oxygen atoms in total. The summed E-state index contributed by atoms with van der Waals surface area (Å²) in [7, 11) is -1.17.